The van der Waals surface area contributed by atoms with Crippen molar-refractivity contribution in [2.75, 3.05) is 38.7 Å². The van der Waals surface area contributed by atoms with E-state index < -0.39 is 28.5 Å². The zero-order valence-electron chi connectivity index (χ0n) is 24.9. The van der Waals surface area contributed by atoms with Crippen LogP contribution in [0.1, 0.15) is 31.4 Å². The number of rotatable bonds is 14. The van der Waals surface area contributed by atoms with Crippen molar-refractivity contribution in [2.24, 2.45) is 0 Å². The van der Waals surface area contributed by atoms with Gasteiger partial charge in [-0.15, -0.1) is 0 Å². The standard InChI is InChI=1S/C31H39N3O7S/c1-7-17-32-31(36)23(3)33(20-24-9-8-10-26(18-24)39-4)30(35)21-34(25-13-11-22(2)12-14-25)42(37,38)27-15-16-28(40-5)29(19-27)41-6/h8-16,18-19,23H,7,17,20-21H2,1-6H3,(H,32,36)/t23-/m0/s1. The van der Waals surface area contributed by atoms with Crippen molar-refractivity contribution >= 4 is 27.5 Å². The molecule has 0 radical (unpaired) electrons. The van der Waals surface area contributed by atoms with E-state index >= 15 is 0 Å². The molecule has 0 unspecified atom stereocenters. The van der Waals surface area contributed by atoms with E-state index in [1.54, 1.807) is 56.5 Å². The molecule has 0 aliphatic carbocycles. The number of benzene rings is 3. The Kier molecular flexibility index (Phi) is 11.2. The second-order valence-electron chi connectivity index (χ2n) is 9.70. The normalized spacial score (nSPS) is 11.8. The predicted octanol–water partition coefficient (Wildman–Crippen LogP) is 4.16. The molecule has 0 aromatic heterocycles. The minimum Gasteiger partial charge on any atom is -0.497 e. The van der Waals surface area contributed by atoms with Crippen molar-refractivity contribution in [1.82, 2.24) is 10.2 Å². The van der Waals surface area contributed by atoms with E-state index in [2.05, 4.69) is 5.32 Å². The fraction of sp³-hybridized carbons (Fsp3) is 0.355. The monoisotopic (exact) mass is 597 g/mol. The Morgan fingerprint density at radius 3 is 2.21 bits per heavy atom. The lowest BCUT2D eigenvalue weighted by atomic mass is 10.1. The van der Waals surface area contributed by atoms with Crippen LogP contribution in [0.3, 0.4) is 0 Å². The van der Waals surface area contributed by atoms with E-state index in [0.29, 0.717) is 23.7 Å². The van der Waals surface area contributed by atoms with E-state index in [9.17, 15) is 18.0 Å². The molecule has 3 rings (SSSR count). The minimum absolute atomic E-state index is 0.0644. The molecule has 11 heteroatoms. The molecule has 0 saturated carbocycles. The first-order valence-electron chi connectivity index (χ1n) is 13.6. The van der Waals surface area contributed by atoms with Crippen molar-refractivity contribution in [1.29, 1.82) is 0 Å². The molecular weight excluding hydrogens is 558 g/mol. The van der Waals surface area contributed by atoms with Gasteiger partial charge in [-0.25, -0.2) is 8.42 Å². The maximum atomic E-state index is 14.1. The molecule has 1 atom stereocenters. The van der Waals surface area contributed by atoms with Crippen molar-refractivity contribution in [3.05, 3.63) is 77.9 Å². The largest absolute Gasteiger partial charge is 0.497 e. The molecule has 1 N–H and O–H groups in total. The van der Waals surface area contributed by atoms with Gasteiger partial charge in [-0.2, -0.15) is 0 Å². The summed E-state index contributed by atoms with van der Waals surface area (Å²) >= 11 is 0. The molecule has 0 fully saturated rings. The third-order valence-corrected chi connectivity index (χ3v) is 8.52. The van der Waals surface area contributed by atoms with Crippen LogP contribution in [0.2, 0.25) is 0 Å². The first kappa shape index (κ1) is 32.3. The van der Waals surface area contributed by atoms with Crippen LogP contribution in [0.15, 0.2) is 71.6 Å². The average molecular weight is 598 g/mol. The number of carbonyl (C=O) groups is 2. The number of hydrogen-bond donors (Lipinski definition) is 1. The molecule has 0 heterocycles. The Morgan fingerprint density at radius 2 is 1.60 bits per heavy atom. The summed E-state index contributed by atoms with van der Waals surface area (Å²) in [5.74, 6) is 0.306. The first-order valence-corrected chi connectivity index (χ1v) is 15.0. The summed E-state index contributed by atoms with van der Waals surface area (Å²) in [4.78, 5) is 28.4. The highest BCUT2D eigenvalue weighted by Crippen LogP contribution is 2.32. The van der Waals surface area contributed by atoms with E-state index in [1.165, 1.54) is 37.3 Å². The number of amides is 2. The number of methoxy groups -OCH3 is 3. The summed E-state index contributed by atoms with van der Waals surface area (Å²) in [5, 5.41) is 2.83. The van der Waals surface area contributed by atoms with Crippen LogP contribution in [0.25, 0.3) is 0 Å². The first-order chi connectivity index (χ1) is 20.0. The summed E-state index contributed by atoms with van der Waals surface area (Å²) in [5.41, 5.74) is 1.95. The molecule has 0 bridgehead atoms. The zero-order valence-corrected chi connectivity index (χ0v) is 25.7. The number of carbonyl (C=O) groups excluding carboxylic acids is 2. The van der Waals surface area contributed by atoms with Gasteiger partial charge < -0.3 is 24.4 Å². The molecular formula is C31H39N3O7S. The number of ether oxygens (including phenoxy) is 3. The van der Waals surface area contributed by atoms with Gasteiger partial charge >= 0.3 is 0 Å². The molecule has 3 aromatic carbocycles. The van der Waals surface area contributed by atoms with Crippen LogP contribution < -0.4 is 23.8 Å². The molecule has 10 nitrogen and oxygen atoms in total. The molecule has 42 heavy (non-hydrogen) atoms. The van der Waals surface area contributed by atoms with Crippen molar-refractivity contribution < 1.29 is 32.2 Å². The summed E-state index contributed by atoms with van der Waals surface area (Å²) in [6, 6.07) is 17.4. The van der Waals surface area contributed by atoms with Gasteiger partial charge in [0.1, 0.15) is 18.3 Å². The Morgan fingerprint density at radius 1 is 0.905 bits per heavy atom. The summed E-state index contributed by atoms with van der Waals surface area (Å²) in [6.07, 6.45) is 0.729. The van der Waals surface area contributed by atoms with Crippen LogP contribution in [-0.2, 0) is 26.2 Å². The van der Waals surface area contributed by atoms with Gasteiger partial charge in [0.2, 0.25) is 11.8 Å². The maximum Gasteiger partial charge on any atom is 0.264 e. The Balaban J connectivity index is 2.06. The van der Waals surface area contributed by atoms with Crippen LogP contribution in [0, 0.1) is 6.92 Å². The third kappa shape index (κ3) is 7.73. The van der Waals surface area contributed by atoms with Gasteiger partial charge in [-0.1, -0.05) is 36.8 Å². The summed E-state index contributed by atoms with van der Waals surface area (Å²) < 4.78 is 45.2. The summed E-state index contributed by atoms with van der Waals surface area (Å²) in [6.45, 7) is 5.41. The second-order valence-corrected chi connectivity index (χ2v) is 11.6. The van der Waals surface area contributed by atoms with Crippen LogP contribution in [-0.4, -0.2) is 65.6 Å². The van der Waals surface area contributed by atoms with Gasteiger partial charge in [0.25, 0.3) is 10.0 Å². The molecule has 0 aliphatic heterocycles. The van der Waals surface area contributed by atoms with E-state index in [-0.39, 0.29) is 23.1 Å². The van der Waals surface area contributed by atoms with Crippen molar-refractivity contribution in [3.8, 4) is 17.2 Å². The van der Waals surface area contributed by atoms with Crippen LogP contribution in [0.4, 0.5) is 5.69 Å². The zero-order chi connectivity index (χ0) is 30.9. The Hall–Kier alpha value is -4.25. The minimum atomic E-state index is -4.27. The van der Waals surface area contributed by atoms with Gasteiger partial charge in [0.05, 0.1) is 31.9 Å². The van der Waals surface area contributed by atoms with E-state index in [1.807, 2.05) is 19.9 Å². The molecule has 3 aromatic rings. The van der Waals surface area contributed by atoms with Gasteiger partial charge in [-0.05, 0) is 62.2 Å². The number of anilines is 1. The lowest BCUT2D eigenvalue weighted by molar-refractivity contribution is -0.139. The van der Waals surface area contributed by atoms with E-state index in [4.69, 9.17) is 14.2 Å². The fourth-order valence-electron chi connectivity index (χ4n) is 4.29. The number of aryl methyl sites for hydroxylation is 1. The second kappa shape index (κ2) is 14.6. The lowest BCUT2D eigenvalue weighted by Gasteiger charge is -2.32. The third-order valence-electron chi connectivity index (χ3n) is 6.75. The lowest BCUT2D eigenvalue weighted by Crippen LogP contribution is -2.51. The molecule has 0 spiro atoms. The summed E-state index contributed by atoms with van der Waals surface area (Å²) in [7, 11) is 0.146. The smallest absolute Gasteiger partial charge is 0.264 e. The van der Waals surface area contributed by atoms with Gasteiger partial charge in [0.15, 0.2) is 11.5 Å². The number of hydrogen-bond acceptors (Lipinski definition) is 7. The van der Waals surface area contributed by atoms with Gasteiger partial charge in [-0.3, -0.25) is 13.9 Å². The predicted molar refractivity (Wildman–Crippen MR) is 162 cm³/mol. The van der Waals surface area contributed by atoms with Crippen LogP contribution in [0.5, 0.6) is 17.2 Å². The highest BCUT2D eigenvalue weighted by molar-refractivity contribution is 7.92. The molecule has 2 amide bonds. The molecule has 226 valence electrons. The number of nitrogens with zero attached hydrogens (tertiary/aromatic N) is 2. The SMILES string of the molecule is CCCNC(=O)[C@H](C)N(Cc1cccc(OC)c1)C(=O)CN(c1ccc(C)cc1)S(=O)(=O)c1ccc(OC)c(OC)c1. The highest BCUT2D eigenvalue weighted by Gasteiger charge is 2.33. The molecule has 0 aliphatic rings. The van der Waals surface area contributed by atoms with Crippen molar-refractivity contribution in [2.45, 2.75) is 44.7 Å². The van der Waals surface area contributed by atoms with Crippen LogP contribution >= 0.6 is 0 Å². The van der Waals surface area contributed by atoms with Crippen molar-refractivity contribution in [3.63, 3.8) is 0 Å². The Bertz CT molecular complexity index is 1480. The average Bonchev–Trinajstić information content (AvgIpc) is 3.00. The quantitative estimate of drug-likeness (QED) is 0.297. The topological polar surface area (TPSA) is 114 Å². The highest BCUT2D eigenvalue weighted by atomic mass is 32.2. The molecule has 0 saturated heterocycles. The van der Waals surface area contributed by atoms with Gasteiger partial charge in [0, 0.05) is 19.2 Å². The fourth-order valence-corrected chi connectivity index (χ4v) is 5.72. The van der Waals surface area contributed by atoms with E-state index in [0.717, 1.165) is 21.9 Å². The number of sulfonamides is 1. The number of nitrogens with one attached hydrogen (secondary N) is 1. The Labute approximate surface area is 248 Å². The maximum absolute atomic E-state index is 14.1.